The van der Waals surface area contributed by atoms with Crippen LogP contribution in [-0.4, -0.2) is 20.9 Å². The van der Waals surface area contributed by atoms with Gasteiger partial charge >= 0.3 is 0 Å². The van der Waals surface area contributed by atoms with E-state index in [0.29, 0.717) is 6.42 Å². The average Bonchev–Trinajstić information content (AvgIpc) is 3.64. The van der Waals surface area contributed by atoms with E-state index in [2.05, 4.69) is 68.5 Å². The highest BCUT2D eigenvalue weighted by molar-refractivity contribution is 7.98. The Hall–Kier alpha value is -3.62. The maximum Gasteiger partial charge on any atom is 0.231 e. The van der Waals surface area contributed by atoms with E-state index < -0.39 is 0 Å². The van der Waals surface area contributed by atoms with E-state index in [4.69, 9.17) is 4.98 Å². The van der Waals surface area contributed by atoms with Crippen molar-refractivity contribution in [2.75, 3.05) is 5.32 Å². The van der Waals surface area contributed by atoms with Crippen LogP contribution in [0.3, 0.4) is 0 Å². The number of nitrogens with one attached hydrogen (secondary N) is 3. The smallest absolute Gasteiger partial charge is 0.231 e. The van der Waals surface area contributed by atoms with Gasteiger partial charge in [0, 0.05) is 23.9 Å². The van der Waals surface area contributed by atoms with Gasteiger partial charge in [0.1, 0.15) is 5.82 Å². The van der Waals surface area contributed by atoms with E-state index in [1.54, 1.807) is 11.3 Å². The van der Waals surface area contributed by atoms with Crippen molar-refractivity contribution in [1.82, 2.24) is 19.7 Å². The highest BCUT2D eigenvalue weighted by atomic mass is 32.2. The SMILES string of the molecule is O=C1CC(c2ccc(C[C@H](Nc3ncc(Cc4ccccc4)s3)c3nc4ccccc4[nH]3)cc2)SN1. The average molecular weight is 512 g/mol. The van der Waals surface area contributed by atoms with Gasteiger partial charge in [0.25, 0.3) is 0 Å². The van der Waals surface area contributed by atoms with Crippen LogP contribution < -0.4 is 10.0 Å². The third-order valence-electron chi connectivity index (χ3n) is 6.29. The number of rotatable bonds is 8. The molecule has 3 N–H and O–H groups in total. The molecule has 1 unspecified atom stereocenters. The van der Waals surface area contributed by atoms with Crippen LogP contribution in [0.15, 0.2) is 85.1 Å². The van der Waals surface area contributed by atoms with E-state index in [1.807, 2.05) is 36.5 Å². The normalized spacial score (nSPS) is 16.2. The number of aromatic nitrogens is 3. The molecule has 0 aliphatic carbocycles. The van der Waals surface area contributed by atoms with Crippen molar-refractivity contribution in [3.8, 4) is 0 Å². The number of fused-ring (bicyclic) bond motifs is 1. The highest BCUT2D eigenvalue weighted by Gasteiger charge is 2.24. The number of benzene rings is 3. The number of anilines is 1. The lowest BCUT2D eigenvalue weighted by atomic mass is 10.0. The molecule has 6 nitrogen and oxygen atoms in total. The minimum atomic E-state index is -0.0666. The Morgan fingerprint density at radius 1 is 0.972 bits per heavy atom. The number of imidazole rings is 1. The number of nitrogens with zero attached hydrogens (tertiary/aromatic N) is 2. The van der Waals surface area contributed by atoms with Crippen molar-refractivity contribution < 1.29 is 4.79 Å². The van der Waals surface area contributed by atoms with Crippen molar-refractivity contribution in [3.63, 3.8) is 0 Å². The fourth-order valence-corrected chi connectivity index (χ4v) is 6.22. The van der Waals surface area contributed by atoms with Crippen LogP contribution in [-0.2, 0) is 17.6 Å². The zero-order valence-corrected chi connectivity index (χ0v) is 21.1. The van der Waals surface area contributed by atoms with E-state index in [0.717, 1.165) is 34.8 Å². The molecule has 1 aliphatic heterocycles. The number of thiazole rings is 1. The number of carbonyl (C=O) groups is 1. The highest BCUT2D eigenvalue weighted by Crippen LogP contribution is 2.35. The molecule has 3 aromatic carbocycles. The number of hydrogen-bond donors (Lipinski definition) is 3. The molecule has 8 heteroatoms. The van der Waals surface area contributed by atoms with Crippen LogP contribution in [0.5, 0.6) is 0 Å². The molecule has 1 amide bonds. The number of para-hydroxylation sites is 2. The van der Waals surface area contributed by atoms with Crippen LogP contribution in [0.2, 0.25) is 0 Å². The molecule has 1 saturated heterocycles. The quantitative estimate of drug-likeness (QED) is 0.216. The fourth-order valence-electron chi connectivity index (χ4n) is 4.43. The second kappa shape index (κ2) is 10.2. The molecule has 0 spiro atoms. The van der Waals surface area contributed by atoms with Gasteiger partial charge in [-0.25, -0.2) is 9.97 Å². The number of carbonyl (C=O) groups excluding carboxylic acids is 1. The summed E-state index contributed by atoms with van der Waals surface area (Å²) in [5, 5.41) is 4.70. The van der Waals surface area contributed by atoms with Gasteiger partial charge in [0.05, 0.1) is 22.3 Å². The molecule has 0 radical (unpaired) electrons. The first-order chi connectivity index (χ1) is 17.7. The van der Waals surface area contributed by atoms with Crippen LogP contribution in [0.25, 0.3) is 11.0 Å². The zero-order valence-electron chi connectivity index (χ0n) is 19.5. The number of H-pyrrole nitrogens is 1. The van der Waals surface area contributed by atoms with Gasteiger partial charge in [-0.3, -0.25) is 9.52 Å². The van der Waals surface area contributed by atoms with Crippen molar-refractivity contribution >= 4 is 45.4 Å². The third-order valence-corrected chi connectivity index (χ3v) is 8.28. The maximum absolute atomic E-state index is 11.6. The lowest BCUT2D eigenvalue weighted by Gasteiger charge is -2.17. The summed E-state index contributed by atoms with van der Waals surface area (Å²) in [6.45, 7) is 0. The molecule has 3 heterocycles. The molecule has 6 rings (SSSR count). The zero-order chi connectivity index (χ0) is 24.3. The molecular formula is C28H25N5OS2. The Morgan fingerprint density at radius 3 is 2.56 bits per heavy atom. The number of amides is 1. The number of hydrogen-bond acceptors (Lipinski definition) is 6. The second-order valence-electron chi connectivity index (χ2n) is 8.91. The third kappa shape index (κ3) is 5.15. The summed E-state index contributed by atoms with van der Waals surface area (Å²) in [5.41, 5.74) is 5.61. The van der Waals surface area contributed by atoms with E-state index >= 15 is 0 Å². The largest absolute Gasteiger partial charge is 0.351 e. The Labute approximate surface area is 217 Å². The van der Waals surface area contributed by atoms with E-state index in [9.17, 15) is 4.79 Å². The maximum atomic E-state index is 11.6. The molecule has 180 valence electrons. The molecule has 2 atom stereocenters. The summed E-state index contributed by atoms with van der Waals surface area (Å²) in [6, 6.07) is 27.1. The molecular weight excluding hydrogens is 486 g/mol. The monoisotopic (exact) mass is 511 g/mol. The standard InChI is InChI=1S/C28H25N5OS2/c34-26-16-25(36-33-26)20-12-10-19(11-13-20)15-24(27-30-22-8-4-5-9-23(22)31-27)32-28-29-17-21(35-28)14-18-6-2-1-3-7-18/h1-13,17,24-25H,14-16H2,(H,29,32)(H,30,31)(H,33,34)/t24-,25?/m0/s1. The minimum absolute atomic E-state index is 0.0666. The molecule has 0 bridgehead atoms. The van der Waals surface area contributed by atoms with Crippen molar-refractivity contribution in [2.24, 2.45) is 0 Å². The van der Waals surface area contributed by atoms with Gasteiger partial charge in [-0.1, -0.05) is 66.7 Å². The number of aromatic amines is 1. The van der Waals surface area contributed by atoms with E-state index in [-0.39, 0.29) is 17.2 Å². The topological polar surface area (TPSA) is 82.7 Å². The summed E-state index contributed by atoms with van der Waals surface area (Å²) < 4.78 is 2.84. The Bertz CT molecular complexity index is 1450. The Kier molecular flexibility index (Phi) is 6.44. The molecule has 2 aromatic heterocycles. The first-order valence-electron chi connectivity index (χ1n) is 11.9. The predicted molar refractivity (Wildman–Crippen MR) is 147 cm³/mol. The molecule has 36 heavy (non-hydrogen) atoms. The van der Waals surface area contributed by atoms with Crippen molar-refractivity contribution in [3.05, 3.63) is 112 Å². The summed E-state index contributed by atoms with van der Waals surface area (Å²) >= 11 is 3.18. The van der Waals surface area contributed by atoms with Crippen LogP contribution in [0, 0.1) is 0 Å². The van der Waals surface area contributed by atoms with Crippen molar-refractivity contribution in [1.29, 1.82) is 0 Å². The van der Waals surface area contributed by atoms with E-state index in [1.165, 1.54) is 33.5 Å². The summed E-state index contributed by atoms with van der Waals surface area (Å²) in [5.74, 6) is 0.986. The van der Waals surface area contributed by atoms with Crippen LogP contribution >= 0.6 is 23.3 Å². The lowest BCUT2D eigenvalue weighted by Crippen LogP contribution is -2.15. The molecule has 1 aliphatic rings. The van der Waals surface area contributed by atoms with Gasteiger partial charge in [0.2, 0.25) is 5.91 Å². The molecule has 5 aromatic rings. The first-order valence-corrected chi connectivity index (χ1v) is 13.6. The molecule has 1 fully saturated rings. The van der Waals surface area contributed by atoms with Crippen molar-refractivity contribution in [2.45, 2.75) is 30.6 Å². The fraction of sp³-hybridized carbons (Fsp3) is 0.179. The van der Waals surface area contributed by atoms with Gasteiger partial charge < -0.3 is 10.3 Å². The van der Waals surface area contributed by atoms with Crippen LogP contribution in [0.4, 0.5) is 5.13 Å². The lowest BCUT2D eigenvalue weighted by molar-refractivity contribution is -0.118. The van der Waals surface area contributed by atoms with Gasteiger partial charge in [-0.2, -0.15) is 0 Å². The summed E-state index contributed by atoms with van der Waals surface area (Å²) in [6.07, 6.45) is 4.11. The molecule has 0 saturated carbocycles. The Morgan fingerprint density at radius 2 is 1.78 bits per heavy atom. The van der Waals surface area contributed by atoms with Gasteiger partial charge in [-0.05, 0) is 47.2 Å². The second-order valence-corrected chi connectivity index (χ2v) is 11.0. The first kappa shape index (κ1) is 22.8. The predicted octanol–water partition coefficient (Wildman–Crippen LogP) is 6.22. The van der Waals surface area contributed by atoms with Gasteiger partial charge in [-0.15, -0.1) is 11.3 Å². The Balaban J connectivity index is 1.23. The van der Waals surface area contributed by atoms with Gasteiger partial charge in [0.15, 0.2) is 5.13 Å². The summed E-state index contributed by atoms with van der Waals surface area (Å²) in [7, 11) is 0. The summed E-state index contributed by atoms with van der Waals surface area (Å²) in [4.78, 5) is 25.9. The minimum Gasteiger partial charge on any atom is -0.351 e. The van der Waals surface area contributed by atoms with Crippen LogP contribution in [0.1, 0.15) is 45.1 Å².